The summed E-state index contributed by atoms with van der Waals surface area (Å²) in [6.07, 6.45) is 1.62. The topological polar surface area (TPSA) is 58.5 Å². The number of carbonyl (C=O) groups is 2. The normalized spacial score (nSPS) is 21.6. The highest BCUT2D eigenvalue weighted by molar-refractivity contribution is 6.10. The second-order valence-electron chi connectivity index (χ2n) is 4.63. The Bertz CT molecular complexity index is 587. The van der Waals surface area contributed by atoms with E-state index in [9.17, 15) is 9.59 Å². The number of carbonyl (C=O) groups excluding carboxylic acids is 2. The molecule has 0 aromatic heterocycles. The Morgan fingerprint density at radius 2 is 1.79 bits per heavy atom. The van der Waals surface area contributed by atoms with E-state index < -0.39 is 5.41 Å². The lowest BCUT2D eigenvalue weighted by Gasteiger charge is -2.28. The van der Waals surface area contributed by atoms with Gasteiger partial charge in [-0.3, -0.25) is 14.6 Å². The van der Waals surface area contributed by atoms with Gasteiger partial charge in [0.15, 0.2) is 5.78 Å². The van der Waals surface area contributed by atoms with Crippen LogP contribution >= 0.6 is 0 Å². The molecule has 0 saturated heterocycles. The van der Waals surface area contributed by atoms with Crippen LogP contribution < -0.4 is 5.32 Å². The number of amides is 1. The van der Waals surface area contributed by atoms with Crippen molar-refractivity contribution < 1.29 is 9.59 Å². The molecule has 0 radical (unpaired) electrons. The van der Waals surface area contributed by atoms with Crippen molar-refractivity contribution in [3.8, 4) is 0 Å². The number of aliphatic imine (C=N–C) groups is 1. The molecule has 0 fully saturated rings. The van der Waals surface area contributed by atoms with Gasteiger partial charge >= 0.3 is 0 Å². The number of nitrogens with zero attached hydrogens (tertiary/aromatic N) is 1. The fourth-order valence-corrected chi connectivity index (χ4v) is 2.36. The molecule has 1 heterocycles. The zero-order chi connectivity index (χ0) is 14.0. The minimum absolute atomic E-state index is 0.0666. The second-order valence-corrected chi connectivity index (χ2v) is 4.63. The van der Waals surface area contributed by atoms with Crippen LogP contribution in [0.2, 0.25) is 0 Å². The van der Waals surface area contributed by atoms with Gasteiger partial charge in [-0.1, -0.05) is 30.3 Å². The monoisotopic (exact) mass is 256 g/mol. The maximum atomic E-state index is 12.2. The number of allylic oxidation sites excluding steroid dienone is 2. The van der Waals surface area contributed by atoms with E-state index in [-0.39, 0.29) is 11.7 Å². The quantitative estimate of drug-likeness (QED) is 0.898. The third kappa shape index (κ3) is 2.10. The summed E-state index contributed by atoms with van der Waals surface area (Å²) in [5.41, 5.74) is 1.05. The molecule has 98 valence electrons. The molecule has 1 aromatic carbocycles. The Balaban J connectivity index is 2.62. The van der Waals surface area contributed by atoms with Gasteiger partial charge in [0.05, 0.1) is 11.4 Å². The van der Waals surface area contributed by atoms with Gasteiger partial charge in [-0.25, -0.2) is 0 Å². The van der Waals surface area contributed by atoms with Crippen LogP contribution in [0.25, 0.3) is 0 Å². The standard InChI is InChI=1S/C15H16N2O2/c1-10-14(17-12(3)19)15(9-16-10,11(2)18)13-7-5-4-6-8-13/h4-9H,1-3H3,(H,17,19). The Morgan fingerprint density at radius 3 is 2.32 bits per heavy atom. The molecule has 0 bridgehead atoms. The predicted octanol–water partition coefficient (Wildman–Crippen LogP) is 1.97. The Morgan fingerprint density at radius 1 is 1.16 bits per heavy atom. The minimum Gasteiger partial charge on any atom is -0.327 e. The van der Waals surface area contributed by atoms with Crippen molar-refractivity contribution in [2.75, 3.05) is 0 Å². The van der Waals surface area contributed by atoms with E-state index in [0.717, 1.165) is 5.56 Å². The van der Waals surface area contributed by atoms with E-state index in [1.165, 1.54) is 13.8 Å². The summed E-state index contributed by atoms with van der Waals surface area (Å²) in [4.78, 5) is 27.8. The molecule has 0 saturated carbocycles. The molecule has 1 unspecified atom stereocenters. The number of nitrogens with one attached hydrogen (secondary N) is 1. The lowest BCUT2D eigenvalue weighted by molar-refractivity contribution is -0.120. The number of rotatable bonds is 3. The van der Waals surface area contributed by atoms with Crippen molar-refractivity contribution in [2.24, 2.45) is 4.99 Å². The third-order valence-electron chi connectivity index (χ3n) is 3.29. The van der Waals surface area contributed by atoms with Crippen LogP contribution in [0.3, 0.4) is 0 Å². The molecule has 2 rings (SSSR count). The molecule has 0 spiro atoms. The van der Waals surface area contributed by atoms with Gasteiger partial charge in [0.2, 0.25) is 5.91 Å². The lowest BCUT2D eigenvalue weighted by Crippen LogP contribution is -2.43. The lowest BCUT2D eigenvalue weighted by atomic mass is 9.76. The van der Waals surface area contributed by atoms with Gasteiger partial charge in [0.25, 0.3) is 0 Å². The largest absolute Gasteiger partial charge is 0.327 e. The molecule has 19 heavy (non-hydrogen) atoms. The molecule has 1 aliphatic heterocycles. The van der Waals surface area contributed by atoms with Gasteiger partial charge in [0.1, 0.15) is 5.41 Å². The maximum absolute atomic E-state index is 12.2. The van der Waals surface area contributed by atoms with Crippen molar-refractivity contribution in [3.63, 3.8) is 0 Å². The number of Topliss-reactive ketones (excluding diaryl/α,β-unsaturated/α-hetero) is 1. The molecule has 1 amide bonds. The van der Waals surface area contributed by atoms with Crippen LogP contribution in [0, 0.1) is 0 Å². The Kier molecular flexibility index (Phi) is 3.34. The smallest absolute Gasteiger partial charge is 0.221 e. The van der Waals surface area contributed by atoms with Crippen molar-refractivity contribution in [1.82, 2.24) is 5.32 Å². The average Bonchev–Trinajstić information content (AvgIpc) is 2.69. The van der Waals surface area contributed by atoms with Crippen molar-refractivity contribution in [1.29, 1.82) is 0 Å². The first-order chi connectivity index (χ1) is 8.98. The fraction of sp³-hybridized carbons (Fsp3) is 0.267. The van der Waals surface area contributed by atoms with E-state index in [0.29, 0.717) is 11.4 Å². The molecule has 1 atom stereocenters. The van der Waals surface area contributed by atoms with Gasteiger partial charge in [-0.2, -0.15) is 0 Å². The number of benzene rings is 1. The number of hydrogen-bond acceptors (Lipinski definition) is 3. The molecule has 4 nitrogen and oxygen atoms in total. The summed E-state index contributed by atoms with van der Waals surface area (Å²) < 4.78 is 0. The van der Waals surface area contributed by atoms with E-state index in [1.54, 1.807) is 13.1 Å². The average molecular weight is 256 g/mol. The van der Waals surface area contributed by atoms with Crippen molar-refractivity contribution >= 4 is 17.9 Å². The Labute approximate surface area is 112 Å². The van der Waals surface area contributed by atoms with Crippen LogP contribution in [-0.4, -0.2) is 17.9 Å². The summed E-state index contributed by atoms with van der Waals surface area (Å²) in [7, 11) is 0. The van der Waals surface area contributed by atoms with E-state index in [2.05, 4.69) is 10.3 Å². The zero-order valence-electron chi connectivity index (χ0n) is 11.2. The SMILES string of the molecule is CC(=O)NC1=C(C)N=CC1(C(C)=O)c1ccccc1. The van der Waals surface area contributed by atoms with Crippen molar-refractivity contribution in [2.45, 2.75) is 26.2 Å². The van der Waals surface area contributed by atoms with Crippen LogP contribution in [-0.2, 0) is 15.0 Å². The highest BCUT2D eigenvalue weighted by Gasteiger charge is 2.44. The first-order valence-electron chi connectivity index (χ1n) is 6.09. The molecule has 0 aliphatic carbocycles. The first-order valence-corrected chi connectivity index (χ1v) is 6.09. The van der Waals surface area contributed by atoms with Crippen molar-refractivity contribution in [3.05, 3.63) is 47.3 Å². The minimum atomic E-state index is -0.975. The predicted molar refractivity (Wildman–Crippen MR) is 73.8 cm³/mol. The zero-order valence-corrected chi connectivity index (χ0v) is 11.2. The van der Waals surface area contributed by atoms with E-state index in [4.69, 9.17) is 0 Å². The summed E-state index contributed by atoms with van der Waals surface area (Å²) >= 11 is 0. The number of ketones is 1. The molecule has 1 N–H and O–H groups in total. The highest BCUT2D eigenvalue weighted by atomic mass is 16.1. The third-order valence-corrected chi connectivity index (χ3v) is 3.29. The summed E-state index contributed by atoms with van der Waals surface area (Å²) in [5, 5.41) is 2.76. The van der Waals surface area contributed by atoms with Crippen LogP contribution in [0.5, 0.6) is 0 Å². The molecule has 1 aromatic rings. The number of hydrogen-bond donors (Lipinski definition) is 1. The molecular formula is C15H16N2O2. The van der Waals surface area contributed by atoms with Crippen LogP contribution in [0.15, 0.2) is 46.7 Å². The first kappa shape index (κ1) is 13.2. The van der Waals surface area contributed by atoms with E-state index in [1.807, 2.05) is 30.3 Å². The summed E-state index contributed by atoms with van der Waals surface area (Å²) in [5.74, 6) is -0.274. The summed E-state index contributed by atoms with van der Waals surface area (Å²) in [6, 6.07) is 9.36. The van der Waals surface area contributed by atoms with Gasteiger partial charge in [-0.05, 0) is 19.4 Å². The Hall–Kier alpha value is -2.23. The fourth-order valence-electron chi connectivity index (χ4n) is 2.36. The molecule has 1 aliphatic rings. The summed E-state index contributed by atoms with van der Waals surface area (Å²) in [6.45, 7) is 4.73. The molecule has 4 heteroatoms. The van der Waals surface area contributed by atoms with Crippen LogP contribution in [0.1, 0.15) is 26.3 Å². The van der Waals surface area contributed by atoms with Gasteiger partial charge < -0.3 is 5.32 Å². The highest BCUT2D eigenvalue weighted by Crippen LogP contribution is 2.36. The van der Waals surface area contributed by atoms with E-state index >= 15 is 0 Å². The van der Waals surface area contributed by atoms with Gasteiger partial charge in [0, 0.05) is 13.1 Å². The second kappa shape index (κ2) is 4.80. The van der Waals surface area contributed by atoms with Crippen LogP contribution in [0.4, 0.5) is 0 Å². The van der Waals surface area contributed by atoms with Gasteiger partial charge in [-0.15, -0.1) is 0 Å². The molecular weight excluding hydrogens is 240 g/mol. The maximum Gasteiger partial charge on any atom is 0.221 e.